The fourth-order valence-corrected chi connectivity index (χ4v) is 3.04. The van der Waals surface area contributed by atoms with Crippen LogP contribution in [0.5, 0.6) is 0 Å². The number of nitriles is 1. The van der Waals surface area contributed by atoms with E-state index < -0.39 is 11.2 Å². The summed E-state index contributed by atoms with van der Waals surface area (Å²) in [5, 5.41) is 16.7. The van der Waals surface area contributed by atoms with E-state index in [1.807, 2.05) is 22.9 Å². The standard InChI is InChI=1S/C15H11N5O3S/c16-5-10-6-19(11-1-2-11)15(22)20(14(10)21)7-12-17-13(23-18-12)9-3-4-24-8-9/h3-4,6,8,11H,1-2,7H2. The number of thiophene rings is 1. The molecule has 120 valence electrons. The first-order valence-electron chi connectivity index (χ1n) is 7.28. The number of hydrogen-bond acceptors (Lipinski definition) is 7. The molecule has 1 aliphatic carbocycles. The molecule has 0 saturated heterocycles. The molecule has 24 heavy (non-hydrogen) atoms. The first kappa shape index (κ1) is 14.6. The van der Waals surface area contributed by atoms with E-state index in [9.17, 15) is 9.59 Å². The van der Waals surface area contributed by atoms with Gasteiger partial charge in [0, 0.05) is 17.6 Å². The van der Waals surface area contributed by atoms with Crippen LogP contribution in [0.1, 0.15) is 30.3 Å². The molecule has 0 aliphatic heterocycles. The zero-order chi connectivity index (χ0) is 16.7. The second-order valence-corrected chi connectivity index (χ2v) is 6.27. The van der Waals surface area contributed by atoms with Crippen LogP contribution in [-0.2, 0) is 6.54 Å². The Bertz CT molecular complexity index is 1050. The summed E-state index contributed by atoms with van der Waals surface area (Å²) in [6.07, 6.45) is 3.08. The average molecular weight is 341 g/mol. The Hall–Kier alpha value is -2.99. The minimum atomic E-state index is -0.638. The average Bonchev–Trinajstić information content (AvgIpc) is 3.09. The lowest BCUT2D eigenvalue weighted by Gasteiger charge is -2.08. The Kier molecular flexibility index (Phi) is 3.39. The van der Waals surface area contributed by atoms with Crippen molar-refractivity contribution < 1.29 is 4.52 Å². The molecule has 0 unspecified atom stereocenters. The van der Waals surface area contributed by atoms with E-state index >= 15 is 0 Å². The monoisotopic (exact) mass is 341 g/mol. The first-order chi connectivity index (χ1) is 11.7. The van der Waals surface area contributed by atoms with Crippen molar-refractivity contribution in [3.05, 3.63) is 55.2 Å². The van der Waals surface area contributed by atoms with Gasteiger partial charge in [-0.15, -0.1) is 0 Å². The number of rotatable bonds is 4. The molecule has 0 N–H and O–H groups in total. The summed E-state index contributed by atoms with van der Waals surface area (Å²) >= 11 is 1.50. The molecule has 3 aromatic heterocycles. The van der Waals surface area contributed by atoms with Crippen LogP contribution in [0.15, 0.2) is 37.1 Å². The van der Waals surface area contributed by atoms with E-state index in [1.54, 1.807) is 0 Å². The van der Waals surface area contributed by atoms with Crippen LogP contribution in [-0.4, -0.2) is 19.3 Å². The third kappa shape index (κ3) is 2.47. The van der Waals surface area contributed by atoms with Crippen molar-refractivity contribution in [2.75, 3.05) is 0 Å². The quantitative estimate of drug-likeness (QED) is 0.709. The lowest BCUT2D eigenvalue weighted by Crippen LogP contribution is -2.41. The molecule has 0 spiro atoms. The maximum atomic E-state index is 12.5. The second kappa shape index (κ2) is 5.58. The summed E-state index contributed by atoms with van der Waals surface area (Å²) in [7, 11) is 0. The van der Waals surface area contributed by atoms with Crippen molar-refractivity contribution in [1.29, 1.82) is 5.26 Å². The Morgan fingerprint density at radius 2 is 2.25 bits per heavy atom. The first-order valence-corrected chi connectivity index (χ1v) is 8.23. The number of aromatic nitrogens is 4. The molecule has 3 heterocycles. The molecule has 1 saturated carbocycles. The van der Waals surface area contributed by atoms with Gasteiger partial charge >= 0.3 is 5.69 Å². The third-order valence-electron chi connectivity index (χ3n) is 3.79. The van der Waals surface area contributed by atoms with E-state index in [2.05, 4.69) is 10.1 Å². The van der Waals surface area contributed by atoms with Crippen LogP contribution in [0, 0.1) is 11.3 Å². The molecule has 9 heteroatoms. The topological polar surface area (TPSA) is 107 Å². The minimum Gasteiger partial charge on any atom is -0.334 e. The predicted molar refractivity (Wildman–Crippen MR) is 84.7 cm³/mol. The summed E-state index contributed by atoms with van der Waals surface area (Å²) < 4.78 is 7.59. The van der Waals surface area contributed by atoms with E-state index in [0.717, 1.165) is 23.0 Å². The normalized spacial score (nSPS) is 13.8. The molecular weight excluding hydrogens is 330 g/mol. The van der Waals surface area contributed by atoms with Crippen molar-refractivity contribution >= 4 is 11.3 Å². The minimum absolute atomic E-state index is 0.0584. The number of nitrogens with zero attached hydrogens (tertiary/aromatic N) is 5. The van der Waals surface area contributed by atoms with Gasteiger partial charge in [-0.05, 0) is 24.3 Å². The Morgan fingerprint density at radius 3 is 2.92 bits per heavy atom. The molecule has 1 aliphatic rings. The molecule has 1 fully saturated rings. The van der Waals surface area contributed by atoms with Crippen molar-refractivity contribution in [1.82, 2.24) is 19.3 Å². The molecular formula is C15H11N5O3S. The van der Waals surface area contributed by atoms with E-state index in [-0.39, 0.29) is 24.0 Å². The molecule has 8 nitrogen and oxygen atoms in total. The zero-order valence-electron chi connectivity index (χ0n) is 12.4. The lowest BCUT2D eigenvalue weighted by atomic mass is 10.3. The van der Waals surface area contributed by atoms with Gasteiger partial charge in [0.2, 0.25) is 0 Å². The van der Waals surface area contributed by atoms with Crippen LogP contribution in [0.4, 0.5) is 0 Å². The number of hydrogen-bond donors (Lipinski definition) is 0. The van der Waals surface area contributed by atoms with Gasteiger partial charge in [-0.2, -0.15) is 21.6 Å². The molecule has 3 aromatic rings. The highest BCUT2D eigenvalue weighted by Crippen LogP contribution is 2.33. The largest absolute Gasteiger partial charge is 0.334 e. The Morgan fingerprint density at radius 1 is 1.42 bits per heavy atom. The maximum absolute atomic E-state index is 12.5. The highest BCUT2D eigenvalue weighted by atomic mass is 32.1. The highest BCUT2D eigenvalue weighted by Gasteiger charge is 2.27. The molecule has 0 atom stereocenters. The van der Waals surface area contributed by atoms with E-state index in [1.165, 1.54) is 22.1 Å². The van der Waals surface area contributed by atoms with Gasteiger partial charge in [-0.1, -0.05) is 5.16 Å². The molecule has 0 aromatic carbocycles. The molecule has 0 amide bonds. The van der Waals surface area contributed by atoms with Crippen LogP contribution in [0.3, 0.4) is 0 Å². The maximum Gasteiger partial charge on any atom is 0.331 e. The SMILES string of the molecule is N#Cc1cn(C2CC2)c(=O)n(Cc2noc(-c3ccsc3)n2)c1=O. The van der Waals surface area contributed by atoms with Gasteiger partial charge in [-0.3, -0.25) is 13.9 Å². The summed E-state index contributed by atoms with van der Waals surface area (Å²) in [4.78, 5) is 29.0. The van der Waals surface area contributed by atoms with Gasteiger partial charge in [0.05, 0.1) is 12.1 Å². The van der Waals surface area contributed by atoms with Crippen molar-refractivity contribution in [2.24, 2.45) is 0 Å². The predicted octanol–water partition coefficient (Wildman–Crippen LogP) is 1.38. The second-order valence-electron chi connectivity index (χ2n) is 5.49. The van der Waals surface area contributed by atoms with Crippen molar-refractivity contribution in [2.45, 2.75) is 25.4 Å². The molecule has 0 radical (unpaired) electrons. The van der Waals surface area contributed by atoms with Crippen LogP contribution >= 0.6 is 11.3 Å². The van der Waals surface area contributed by atoms with E-state index in [4.69, 9.17) is 9.78 Å². The Labute approximate surface area is 139 Å². The smallest absolute Gasteiger partial charge is 0.331 e. The summed E-state index contributed by atoms with van der Waals surface area (Å²) in [6.45, 7) is -0.131. The summed E-state index contributed by atoms with van der Waals surface area (Å²) in [5.41, 5.74) is -0.375. The van der Waals surface area contributed by atoms with Gasteiger partial charge in [0.25, 0.3) is 11.4 Å². The van der Waals surface area contributed by atoms with E-state index in [0.29, 0.717) is 5.89 Å². The van der Waals surface area contributed by atoms with Gasteiger partial charge in [0.15, 0.2) is 5.82 Å². The molecule has 0 bridgehead atoms. The third-order valence-corrected chi connectivity index (χ3v) is 4.48. The van der Waals surface area contributed by atoms with Gasteiger partial charge in [-0.25, -0.2) is 4.79 Å². The van der Waals surface area contributed by atoms with Crippen molar-refractivity contribution in [3.63, 3.8) is 0 Å². The highest BCUT2D eigenvalue weighted by molar-refractivity contribution is 7.08. The van der Waals surface area contributed by atoms with Crippen LogP contribution in [0.2, 0.25) is 0 Å². The van der Waals surface area contributed by atoms with Gasteiger partial charge in [0.1, 0.15) is 11.6 Å². The van der Waals surface area contributed by atoms with Crippen LogP contribution < -0.4 is 11.2 Å². The fraction of sp³-hybridized carbons (Fsp3) is 0.267. The van der Waals surface area contributed by atoms with Crippen molar-refractivity contribution in [3.8, 4) is 17.5 Å². The zero-order valence-corrected chi connectivity index (χ0v) is 13.2. The Balaban J connectivity index is 1.75. The van der Waals surface area contributed by atoms with Gasteiger partial charge < -0.3 is 4.52 Å². The summed E-state index contributed by atoms with van der Waals surface area (Å²) in [6, 6.07) is 3.74. The summed E-state index contributed by atoms with van der Waals surface area (Å²) in [5.74, 6) is 0.547. The molecule has 4 rings (SSSR count). The lowest BCUT2D eigenvalue weighted by molar-refractivity contribution is 0.418. The van der Waals surface area contributed by atoms with Crippen LogP contribution in [0.25, 0.3) is 11.5 Å². The fourth-order valence-electron chi connectivity index (χ4n) is 2.41.